The maximum atomic E-state index is 10.9. The number of pyridine rings is 1. The molecule has 0 aliphatic heterocycles. The van der Waals surface area contributed by atoms with Crippen LogP contribution in [-0.2, 0) is 0 Å². The Hall–Kier alpha value is -1.05. The average molecular weight is 151 g/mol. The van der Waals surface area contributed by atoms with E-state index in [0.29, 0.717) is 5.92 Å². The van der Waals surface area contributed by atoms with Crippen molar-refractivity contribution < 1.29 is 4.73 Å². The number of aromatic nitrogens is 1. The molecule has 0 aromatic carbocycles. The third-order valence-electron chi connectivity index (χ3n) is 1.79. The Kier molecular flexibility index (Phi) is 2.13. The highest BCUT2D eigenvalue weighted by Crippen LogP contribution is 2.12. The van der Waals surface area contributed by atoms with Crippen LogP contribution in [0.5, 0.6) is 0 Å². The minimum atomic E-state index is 0.495. The van der Waals surface area contributed by atoms with Gasteiger partial charge in [-0.05, 0) is 11.5 Å². The van der Waals surface area contributed by atoms with E-state index in [9.17, 15) is 5.21 Å². The van der Waals surface area contributed by atoms with Crippen molar-refractivity contribution in [2.24, 2.45) is 0 Å². The molecule has 11 heavy (non-hydrogen) atoms. The Morgan fingerprint density at radius 3 is 2.55 bits per heavy atom. The fourth-order valence-electron chi connectivity index (χ4n) is 0.983. The van der Waals surface area contributed by atoms with Gasteiger partial charge >= 0.3 is 0 Å². The van der Waals surface area contributed by atoms with Crippen LogP contribution in [0, 0.1) is 12.1 Å². The monoisotopic (exact) mass is 151 g/mol. The summed E-state index contributed by atoms with van der Waals surface area (Å²) in [5.74, 6) is 0.495. The highest BCUT2D eigenvalue weighted by Gasteiger charge is 2.03. The smallest absolute Gasteiger partial charge is 0.189 e. The fourth-order valence-corrected chi connectivity index (χ4v) is 0.983. The third kappa shape index (κ3) is 1.70. The Labute approximate surface area is 67.1 Å². The Balaban J connectivity index is 3.05. The SMILES string of the molecule is Cc1cc(C(C)C)cc[n+]1[O-]. The van der Waals surface area contributed by atoms with Crippen LogP contribution in [0.15, 0.2) is 18.3 Å². The standard InChI is InChI=1S/C9H13NO/c1-7(2)9-4-5-10(11)8(3)6-9/h4-7H,1-3H3. The molecular weight excluding hydrogens is 138 g/mol. The van der Waals surface area contributed by atoms with Crippen LogP contribution in [0.1, 0.15) is 31.0 Å². The lowest BCUT2D eigenvalue weighted by Gasteiger charge is -2.05. The molecule has 1 rings (SSSR count). The van der Waals surface area contributed by atoms with Crippen molar-refractivity contribution in [1.29, 1.82) is 0 Å². The van der Waals surface area contributed by atoms with Gasteiger partial charge in [0.2, 0.25) is 0 Å². The maximum Gasteiger partial charge on any atom is 0.189 e. The van der Waals surface area contributed by atoms with Gasteiger partial charge in [0.05, 0.1) is 0 Å². The molecular formula is C9H13NO. The third-order valence-corrected chi connectivity index (χ3v) is 1.79. The molecule has 0 unspecified atom stereocenters. The molecule has 0 amide bonds. The average Bonchev–Trinajstić information content (AvgIpc) is 1.94. The van der Waals surface area contributed by atoms with Gasteiger partial charge in [0.1, 0.15) is 0 Å². The lowest BCUT2D eigenvalue weighted by Crippen LogP contribution is -2.29. The quantitative estimate of drug-likeness (QED) is 0.443. The Bertz CT molecular complexity index is 256. The molecule has 0 saturated carbocycles. The molecule has 60 valence electrons. The summed E-state index contributed by atoms with van der Waals surface area (Å²) in [6.45, 7) is 6.05. The topological polar surface area (TPSA) is 26.9 Å². The zero-order valence-electron chi connectivity index (χ0n) is 7.16. The Morgan fingerprint density at radius 2 is 2.09 bits per heavy atom. The van der Waals surface area contributed by atoms with E-state index in [-0.39, 0.29) is 0 Å². The van der Waals surface area contributed by atoms with Gasteiger partial charge in [-0.15, -0.1) is 0 Å². The highest BCUT2D eigenvalue weighted by atomic mass is 16.5. The second-order valence-corrected chi connectivity index (χ2v) is 3.08. The van der Waals surface area contributed by atoms with Crippen molar-refractivity contribution in [2.45, 2.75) is 26.7 Å². The molecule has 0 saturated heterocycles. The van der Waals surface area contributed by atoms with E-state index < -0.39 is 0 Å². The lowest BCUT2D eigenvalue weighted by atomic mass is 10.0. The molecule has 0 atom stereocenters. The summed E-state index contributed by atoms with van der Waals surface area (Å²) in [5, 5.41) is 10.9. The second kappa shape index (κ2) is 2.91. The van der Waals surface area contributed by atoms with Crippen LogP contribution in [0.4, 0.5) is 0 Å². The molecule has 2 nitrogen and oxygen atoms in total. The van der Waals surface area contributed by atoms with Crippen molar-refractivity contribution in [1.82, 2.24) is 0 Å². The van der Waals surface area contributed by atoms with Crippen molar-refractivity contribution in [3.8, 4) is 0 Å². The van der Waals surface area contributed by atoms with Gasteiger partial charge in [-0.3, -0.25) is 0 Å². The van der Waals surface area contributed by atoms with Crippen molar-refractivity contribution in [2.75, 3.05) is 0 Å². The minimum absolute atomic E-state index is 0.495. The minimum Gasteiger partial charge on any atom is -0.619 e. The molecule has 1 aromatic heterocycles. The molecule has 2 heteroatoms. The molecule has 0 aliphatic carbocycles. The maximum absolute atomic E-state index is 10.9. The normalized spacial score (nSPS) is 10.5. The molecule has 1 heterocycles. The van der Waals surface area contributed by atoms with E-state index >= 15 is 0 Å². The molecule has 1 aromatic rings. The first-order valence-electron chi connectivity index (χ1n) is 3.81. The van der Waals surface area contributed by atoms with E-state index in [2.05, 4.69) is 13.8 Å². The summed E-state index contributed by atoms with van der Waals surface area (Å²) in [6, 6.07) is 3.79. The first-order chi connectivity index (χ1) is 5.11. The van der Waals surface area contributed by atoms with Gasteiger partial charge in [0.15, 0.2) is 11.9 Å². The summed E-state index contributed by atoms with van der Waals surface area (Å²) in [5.41, 5.74) is 1.98. The van der Waals surface area contributed by atoms with E-state index in [4.69, 9.17) is 0 Å². The van der Waals surface area contributed by atoms with E-state index in [1.54, 1.807) is 6.20 Å². The molecule has 0 aliphatic rings. The lowest BCUT2D eigenvalue weighted by molar-refractivity contribution is -0.612. The number of rotatable bonds is 1. The van der Waals surface area contributed by atoms with Gasteiger partial charge in [0.25, 0.3) is 0 Å². The van der Waals surface area contributed by atoms with E-state index in [1.807, 2.05) is 19.1 Å². The fraction of sp³-hybridized carbons (Fsp3) is 0.444. The van der Waals surface area contributed by atoms with Crippen molar-refractivity contribution in [3.63, 3.8) is 0 Å². The molecule has 0 fully saturated rings. The summed E-state index contributed by atoms with van der Waals surface area (Å²) < 4.78 is 0.881. The summed E-state index contributed by atoms with van der Waals surface area (Å²) >= 11 is 0. The predicted molar refractivity (Wildman–Crippen MR) is 44.2 cm³/mol. The highest BCUT2D eigenvalue weighted by molar-refractivity contribution is 5.15. The van der Waals surface area contributed by atoms with Gasteiger partial charge < -0.3 is 5.21 Å². The molecule has 0 N–H and O–H groups in total. The van der Waals surface area contributed by atoms with E-state index in [1.165, 1.54) is 5.56 Å². The van der Waals surface area contributed by atoms with Gasteiger partial charge in [-0.2, -0.15) is 4.73 Å². The first-order valence-corrected chi connectivity index (χ1v) is 3.81. The number of nitrogens with zero attached hydrogens (tertiary/aromatic N) is 1. The van der Waals surface area contributed by atoms with Gasteiger partial charge in [-0.1, -0.05) is 13.8 Å². The van der Waals surface area contributed by atoms with Crippen LogP contribution in [0.3, 0.4) is 0 Å². The summed E-state index contributed by atoms with van der Waals surface area (Å²) in [6.07, 6.45) is 1.56. The van der Waals surface area contributed by atoms with Crippen LogP contribution < -0.4 is 4.73 Å². The van der Waals surface area contributed by atoms with Gasteiger partial charge in [-0.25, -0.2) is 0 Å². The largest absolute Gasteiger partial charge is 0.619 e. The van der Waals surface area contributed by atoms with Crippen LogP contribution >= 0.6 is 0 Å². The van der Waals surface area contributed by atoms with E-state index in [0.717, 1.165) is 10.4 Å². The van der Waals surface area contributed by atoms with Crippen molar-refractivity contribution >= 4 is 0 Å². The first kappa shape index (κ1) is 8.05. The number of hydrogen-bond acceptors (Lipinski definition) is 1. The molecule has 0 bridgehead atoms. The zero-order chi connectivity index (χ0) is 8.43. The summed E-state index contributed by atoms with van der Waals surface area (Å²) in [7, 11) is 0. The predicted octanol–water partition coefficient (Wildman–Crippen LogP) is 1.75. The summed E-state index contributed by atoms with van der Waals surface area (Å²) in [4.78, 5) is 0. The van der Waals surface area contributed by atoms with Gasteiger partial charge in [0, 0.05) is 19.1 Å². The molecule has 0 radical (unpaired) electrons. The van der Waals surface area contributed by atoms with Crippen LogP contribution in [0.2, 0.25) is 0 Å². The molecule has 0 spiro atoms. The second-order valence-electron chi connectivity index (χ2n) is 3.08. The van der Waals surface area contributed by atoms with Crippen molar-refractivity contribution in [3.05, 3.63) is 34.8 Å². The van der Waals surface area contributed by atoms with Crippen LogP contribution in [-0.4, -0.2) is 0 Å². The zero-order valence-corrected chi connectivity index (χ0v) is 7.16. The number of aryl methyl sites for hydroxylation is 1. The number of hydrogen-bond donors (Lipinski definition) is 0. The Morgan fingerprint density at radius 1 is 1.45 bits per heavy atom. The van der Waals surface area contributed by atoms with Crippen LogP contribution in [0.25, 0.3) is 0 Å².